The number of methoxy groups -OCH3 is 1. The fourth-order valence-corrected chi connectivity index (χ4v) is 3.10. The first-order valence-electron chi connectivity index (χ1n) is 6.77. The van der Waals surface area contributed by atoms with Gasteiger partial charge in [0.05, 0.1) is 17.3 Å². The summed E-state index contributed by atoms with van der Waals surface area (Å²) in [6, 6.07) is 12.9. The van der Waals surface area contributed by atoms with E-state index in [-0.39, 0.29) is 12.5 Å². The van der Waals surface area contributed by atoms with Gasteiger partial charge in [-0.2, -0.15) is 0 Å². The zero-order valence-electron chi connectivity index (χ0n) is 12.2. The van der Waals surface area contributed by atoms with Gasteiger partial charge in [0.15, 0.2) is 11.7 Å². The molecule has 1 amide bonds. The maximum absolute atomic E-state index is 11.9. The third-order valence-electron chi connectivity index (χ3n) is 3.03. The smallest absolute Gasteiger partial charge is 0.264 e. The molecule has 0 bridgehead atoms. The first-order chi connectivity index (χ1) is 11.1. The van der Waals surface area contributed by atoms with E-state index in [0.717, 1.165) is 20.4 Å². The van der Waals surface area contributed by atoms with Crippen LogP contribution in [0.5, 0.6) is 11.5 Å². The van der Waals surface area contributed by atoms with E-state index in [0.29, 0.717) is 10.9 Å². The summed E-state index contributed by atoms with van der Waals surface area (Å²) >= 11 is 4.74. The van der Waals surface area contributed by atoms with E-state index in [1.54, 1.807) is 19.2 Å². The molecule has 0 aliphatic heterocycles. The topological polar surface area (TPSA) is 60.5 Å². The van der Waals surface area contributed by atoms with E-state index in [2.05, 4.69) is 26.2 Å². The zero-order valence-corrected chi connectivity index (χ0v) is 14.6. The van der Waals surface area contributed by atoms with Crippen LogP contribution in [0.15, 0.2) is 46.9 Å². The molecule has 0 saturated carbocycles. The highest BCUT2D eigenvalue weighted by Crippen LogP contribution is 2.29. The summed E-state index contributed by atoms with van der Waals surface area (Å²) in [4.78, 5) is 16.3. The summed E-state index contributed by atoms with van der Waals surface area (Å²) in [6.45, 7) is -0.0686. The van der Waals surface area contributed by atoms with Crippen molar-refractivity contribution in [3.05, 3.63) is 46.9 Å². The number of anilines is 1. The van der Waals surface area contributed by atoms with E-state index in [1.165, 1.54) is 11.3 Å². The standard InChI is InChI=1S/C16H13BrN2O3S/c1-21-12-6-7-13-14(8-12)23-16(18-13)19-15(20)9-22-11-4-2-10(17)3-5-11/h2-8H,9H2,1H3,(H,18,19,20). The minimum atomic E-state index is -0.251. The molecule has 5 nitrogen and oxygen atoms in total. The van der Waals surface area contributed by atoms with Crippen molar-refractivity contribution >= 4 is 48.5 Å². The Morgan fingerprint density at radius 2 is 1.96 bits per heavy atom. The number of thiazole rings is 1. The number of benzene rings is 2. The quantitative estimate of drug-likeness (QED) is 0.710. The van der Waals surface area contributed by atoms with Crippen LogP contribution < -0.4 is 14.8 Å². The van der Waals surface area contributed by atoms with Crippen molar-refractivity contribution in [1.82, 2.24) is 4.98 Å². The minimum absolute atomic E-state index is 0.0686. The summed E-state index contributed by atoms with van der Waals surface area (Å²) < 4.78 is 12.5. The lowest BCUT2D eigenvalue weighted by Crippen LogP contribution is -2.19. The van der Waals surface area contributed by atoms with Gasteiger partial charge in [0, 0.05) is 4.47 Å². The van der Waals surface area contributed by atoms with Gasteiger partial charge in [-0.3, -0.25) is 10.1 Å². The van der Waals surface area contributed by atoms with Crippen molar-refractivity contribution in [3.8, 4) is 11.5 Å². The molecular weight excluding hydrogens is 380 g/mol. The van der Waals surface area contributed by atoms with Crippen molar-refractivity contribution in [3.63, 3.8) is 0 Å². The largest absolute Gasteiger partial charge is 0.497 e. The number of hydrogen-bond acceptors (Lipinski definition) is 5. The molecule has 1 N–H and O–H groups in total. The molecule has 1 heterocycles. The number of rotatable bonds is 5. The Balaban J connectivity index is 1.62. The van der Waals surface area contributed by atoms with E-state index in [4.69, 9.17) is 9.47 Å². The Hall–Kier alpha value is -2.12. The number of nitrogens with zero attached hydrogens (tertiary/aromatic N) is 1. The Labute approximate surface area is 145 Å². The van der Waals surface area contributed by atoms with Crippen LogP contribution in [-0.2, 0) is 4.79 Å². The number of carbonyl (C=O) groups is 1. The van der Waals surface area contributed by atoms with Crippen LogP contribution in [0.4, 0.5) is 5.13 Å². The molecule has 0 fully saturated rings. The highest BCUT2D eigenvalue weighted by molar-refractivity contribution is 9.10. The zero-order chi connectivity index (χ0) is 16.2. The second-order valence-electron chi connectivity index (χ2n) is 4.64. The predicted octanol–water partition coefficient (Wildman–Crippen LogP) is 4.08. The van der Waals surface area contributed by atoms with Gasteiger partial charge in [0.25, 0.3) is 5.91 Å². The van der Waals surface area contributed by atoms with Gasteiger partial charge in [-0.15, -0.1) is 0 Å². The number of halogens is 1. The van der Waals surface area contributed by atoms with Crippen molar-refractivity contribution in [2.45, 2.75) is 0 Å². The third kappa shape index (κ3) is 4.00. The molecule has 2 aromatic carbocycles. The summed E-state index contributed by atoms with van der Waals surface area (Å²) in [5, 5.41) is 3.28. The average Bonchev–Trinajstić information content (AvgIpc) is 2.95. The molecular formula is C16H13BrN2O3S. The van der Waals surface area contributed by atoms with Crippen LogP contribution in [0, 0.1) is 0 Å². The number of fused-ring (bicyclic) bond motifs is 1. The Morgan fingerprint density at radius 1 is 1.22 bits per heavy atom. The molecule has 0 atom stereocenters. The highest BCUT2D eigenvalue weighted by Gasteiger charge is 2.09. The Bertz CT molecular complexity index is 833. The predicted molar refractivity (Wildman–Crippen MR) is 94.4 cm³/mol. The van der Waals surface area contributed by atoms with Crippen LogP contribution >= 0.6 is 27.3 Å². The van der Waals surface area contributed by atoms with Crippen LogP contribution in [0.3, 0.4) is 0 Å². The van der Waals surface area contributed by atoms with Crippen LogP contribution in [0.25, 0.3) is 10.2 Å². The molecule has 0 aliphatic rings. The molecule has 0 radical (unpaired) electrons. The highest BCUT2D eigenvalue weighted by atomic mass is 79.9. The number of hydrogen-bond donors (Lipinski definition) is 1. The van der Waals surface area contributed by atoms with Crippen LogP contribution in [0.2, 0.25) is 0 Å². The lowest BCUT2D eigenvalue weighted by Gasteiger charge is -2.05. The van der Waals surface area contributed by atoms with Crippen molar-refractivity contribution in [1.29, 1.82) is 0 Å². The maximum Gasteiger partial charge on any atom is 0.264 e. The number of aromatic nitrogens is 1. The van der Waals surface area contributed by atoms with Crippen molar-refractivity contribution < 1.29 is 14.3 Å². The van der Waals surface area contributed by atoms with Gasteiger partial charge < -0.3 is 9.47 Å². The fourth-order valence-electron chi connectivity index (χ4n) is 1.92. The average molecular weight is 393 g/mol. The van der Waals surface area contributed by atoms with Gasteiger partial charge in [-0.05, 0) is 42.5 Å². The second kappa shape index (κ2) is 6.97. The summed E-state index contributed by atoms with van der Waals surface area (Å²) in [5.74, 6) is 1.15. The summed E-state index contributed by atoms with van der Waals surface area (Å²) in [6.07, 6.45) is 0. The number of amides is 1. The summed E-state index contributed by atoms with van der Waals surface area (Å²) in [7, 11) is 1.62. The lowest BCUT2D eigenvalue weighted by molar-refractivity contribution is -0.118. The number of nitrogens with one attached hydrogen (secondary N) is 1. The molecule has 3 rings (SSSR count). The van der Waals surface area contributed by atoms with E-state index in [1.807, 2.05) is 30.3 Å². The van der Waals surface area contributed by atoms with Crippen molar-refractivity contribution in [2.24, 2.45) is 0 Å². The molecule has 0 saturated heterocycles. The fraction of sp³-hybridized carbons (Fsp3) is 0.125. The third-order valence-corrected chi connectivity index (χ3v) is 4.49. The Kier molecular flexibility index (Phi) is 4.78. The lowest BCUT2D eigenvalue weighted by atomic mass is 10.3. The molecule has 0 aliphatic carbocycles. The van der Waals surface area contributed by atoms with Gasteiger partial charge in [0.2, 0.25) is 0 Å². The molecule has 0 unspecified atom stereocenters. The number of carbonyl (C=O) groups excluding carboxylic acids is 1. The van der Waals surface area contributed by atoms with E-state index in [9.17, 15) is 4.79 Å². The Morgan fingerprint density at radius 3 is 2.70 bits per heavy atom. The normalized spacial score (nSPS) is 10.5. The van der Waals surface area contributed by atoms with Gasteiger partial charge >= 0.3 is 0 Å². The molecule has 23 heavy (non-hydrogen) atoms. The SMILES string of the molecule is COc1ccc2nc(NC(=O)COc3ccc(Br)cc3)sc2c1. The first-order valence-corrected chi connectivity index (χ1v) is 8.38. The van der Waals surface area contributed by atoms with Gasteiger partial charge in [-0.1, -0.05) is 27.3 Å². The van der Waals surface area contributed by atoms with Crippen LogP contribution in [-0.4, -0.2) is 24.6 Å². The molecule has 0 spiro atoms. The molecule has 7 heteroatoms. The van der Waals surface area contributed by atoms with Gasteiger partial charge in [0.1, 0.15) is 11.5 Å². The second-order valence-corrected chi connectivity index (χ2v) is 6.59. The minimum Gasteiger partial charge on any atom is -0.497 e. The maximum atomic E-state index is 11.9. The first kappa shape index (κ1) is 15.8. The molecule has 118 valence electrons. The van der Waals surface area contributed by atoms with Crippen molar-refractivity contribution in [2.75, 3.05) is 19.0 Å². The van der Waals surface area contributed by atoms with E-state index >= 15 is 0 Å². The van der Waals surface area contributed by atoms with Gasteiger partial charge in [-0.25, -0.2) is 4.98 Å². The molecule has 1 aromatic heterocycles. The summed E-state index contributed by atoms with van der Waals surface area (Å²) in [5.41, 5.74) is 0.819. The van der Waals surface area contributed by atoms with E-state index < -0.39 is 0 Å². The van der Waals surface area contributed by atoms with Crippen LogP contribution in [0.1, 0.15) is 0 Å². The molecule has 3 aromatic rings. The number of ether oxygens (including phenoxy) is 2. The monoisotopic (exact) mass is 392 g/mol.